The molecule has 8 nitrogen and oxygen atoms in total. The molecule has 2 rings (SSSR count). The fourth-order valence-corrected chi connectivity index (χ4v) is 2.08. The van der Waals surface area contributed by atoms with Crippen molar-refractivity contribution in [2.24, 2.45) is 0 Å². The molecule has 1 heterocycles. The Balaban J connectivity index is 2.17. The van der Waals surface area contributed by atoms with E-state index in [1.54, 1.807) is 18.2 Å². The molecule has 0 bridgehead atoms. The summed E-state index contributed by atoms with van der Waals surface area (Å²) in [5, 5.41) is 11.8. The molecule has 27 heavy (non-hydrogen) atoms. The molecule has 8 heteroatoms. The third kappa shape index (κ3) is 5.45. The van der Waals surface area contributed by atoms with Gasteiger partial charge in [0.2, 0.25) is 5.76 Å². The predicted octanol–water partition coefficient (Wildman–Crippen LogP) is 2.18. The number of rotatable bonds is 8. The van der Waals surface area contributed by atoms with Gasteiger partial charge < -0.3 is 23.9 Å². The second kappa shape index (κ2) is 9.79. The molecule has 0 saturated heterocycles. The van der Waals surface area contributed by atoms with Crippen LogP contribution in [0.15, 0.2) is 46.6 Å². The van der Waals surface area contributed by atoms with Crippen LogP contribution in [-0.4, -0.2) is 39.2 Å². The SMILES string of the molecule is COCCNC(=O)/C(C#N)=C/c1ccc(OC(=O)c2ccco2)c(OC)c1. The van der Waals surface area contributed by atoms with Crippen molar-refractivity contribution in [3.63, 3.8) is 0 Å². The zero-order valence-corrected chi connectivity index (χ0v) is 14.9. The number of hydrogen-bond acceptors (Lipinski definition) is 7. The summed E-state index contributed by atoms with van der Waals surface area (Å²) < 4.78 is 20.3. The first kappa shape index (κ1) is 19.8. The predicted molar refractivity (Wildman–Crippen MR) is 95.1 cm³/mol. The van der Waals surface area contributed by atoms with Crippen LogP contribution in [0.5, 0.6) is 11.5 Å². The van der Waals surface area contributed by atoms with Gasteiger partial charge in [0, 0.05) is 13.7 Å². The zero-order valence-electron chi connectivity index (χ0n) is 14.9. The highest BCUT2D eigenvalue weighted by Gasteiger charge is 2.15. The summed E-state index contributed by atoms with van der Waals surface area (Å²) in [6.45, 7) is 0.632. The second-order valence-electron chi connectivity index (χ2n) is 5.20. The van der Waals surface area contributed by atoms with Gasteiger partial charge in [-0.15, -0.1) is 0 Å². The van der Waals surface area contributed by atoms with Crippen LogP contribution in [0.1, 0.15) is 16.1 Å². The van der Waals surface area contributed by atoms with E-state index in [1.807, 2.05) is 6.07 Å². The Morgan fingerprint density at radius 3 is 2.70 bits per heavy atom. The molecule has 0 aliphatic heterocycles. The lowest BCUT2D eigenvalue weighted by atomic mass is 10.1. The fraction of sp³-hybridized carbons (Fsp3) is 0.211. The van der Waals surface area contributed by atoms with Crippen LogP contribution in [-0.2, 0) is 9.53 Å². The molecule has 2 aromatic rings. The van der Waals surface area contributed by atoms with Crippen molar-refractivity contribution < 1.29 is 28.2 Å². The number of nitrogens with zero attached hydrogens (tertiary/aromatic N) is 1. The van der Waals surface area contributed by atoms with E-state index in [0.29, 0.717) is 18.7 Å². The second-order valence-corrected chi connectivity index (χ2v) is 5.20. The van der Waals surface area contributed by atoms with Gasteiger partial charge in [-0.05, 0) is 35.9 Å². The minimum atomic E-state index is -0.670. The zero-order chi connectivity index (χ0) is 19.6. The van der Waals surface area contributed by atoms with E-state index in [4.69, 9.17) is 18.6 Å². The van der Waals surface area contributed by atoms with Gasteiger partial charge in [0.25, 0.3) is 5.91 Å². The number of carbonyl (C=O) groups is 2. The molecule has 0 atom stereocenters. The van der Waals surface area contributed by atoms with Crippen molar-refractivity contribution in [1.82, 2.24) is 5.32 Å². The topological polar surface area (TPSA) is 111 Å². The average Bonchev–Trinajstić information content (AvgIpc) is 3.22. The number of amides is 1. The lowest BCUT2D eigenvalue weighted by Crippen LogP contribution is -2.27. The van der Waals surface area contributed by atoms with E-state index in [2.05, 4.69) is 5.32 Å². The van der Waals surface area contributed by atoms with Crippen molar-refractivity contribution in [1.29, 1.82) is 5.26 Å². The Hall–Kier alpha value is -3.57. The van der Waals surface area contributed by atoms with Crippen molar-refractivity contribution in [2.75, 3.05) is 27.4 Å². The van der Waals surface area contributed by atoms with Crippen LogP contribution in [0.3, 0.4) is 0 Å². The Bertz CT molecular complexity index is 865. The quantitative estimate of drug-likeness (QED) is 0.249. The normalized spacial score (nSPS) is 10.8. The van der Waals surface area contributed by atoms with Crippen molar-refractivity contribution in [2.45, 2.75) is 0 Å². The number of ether oxygens (including phenoxy) is 3. The fourth-order valence-electron chi connectivity index (χ4n) is 2.08. The summed E-state index contributed by atoms with van der Waals surface area (Å²) in [6, 6.07) is 9.54. The van der Waals surface area contributed by atoms with E-state index in [-0.39, 0.29) is 22.8 Å². The van der Waals surface area contributed by atoms with Gasteiger partial charge in [-0.1, -0.05) is 6.07 Å². The van der Waals surface area contributed by atoms with Gasteiger partial charge in [-0.2, -0.15) is 5.26 Å². The molecule has 140 valence electrons. The maximum Gasteiger partial charge on any atom is 0.379 e. The molecule has 0 radical (unpaired) electrons. The number of benzene rings is 1. The first-order chi connectivity index (χ1) is 13.1. The Morgan fingerprint density at radius 1 is 1.26 bits per heavy atom. The van der Waals surface area contributed by atoms with Gasteiger partial charge in [0.1, 0.15) is 11.6 Å². The molecular formula is C19H18N2O6. The Morgan fingerprint density at radius 2 is 2.07 bits per heavy atom. The lowest BCUT2D eigenvalue weighted by Gasteiger charge is -2.09. The first-order valence-electron chi connectivity index (χ1n) is 7.91. The Labute approximate surface area is 155 Å². The molecular weight excluding hydrogens is 352 g/mol. The van der Waals surface area contributed by atoms with Crippen LogP contribution in [0.2, 0.25) is 0 Å². The summed E-state index contributed by atoms with van der Waals surface area (Å²) in [5.41, 5.74) is 0.455. The number of carbonyl (C=O) groups excluding carboxylic acids is 2. The maximum atomic E-state index is 12.0. The third-order valence-electron chi connectivity index (χ3n) is 3.38. The van der Waals surface area contributed by atoms with Crippen molar-refractivity contribution in [3.8, 4) is 17.6 Å². The van der Waals surface area contributed by atoms with E-state index < -0.39 is 11.9 Å². The smallest absolute Gasteiger partial charge is 0.379 e. The molecule has 0 fully saturated rings. The van der Waals surface area contributed by atoms with Gasteiger partial charge >= 0.3 is 5.97 Å². The number of methoxy groups -OCH3 is 2. The van der Waals surface area contributed by atoms with Crippen LogP contribution < -0.4 is 14.8 Å². The van der Waals surface area contributed by atoms with Gasteiger partial charge in [0.15, 0.2) is 11.5 Å². The number of esters is 1. The van der Waals surface area contributed by atoms with Crippen LogP contribution >= 0.6 is 0 Å². The third-order valence-corrected chi connectivity index (χ3v) is 3.38. The maximum absolute atomic E-state index is 12.0. The van der Waals surface area contributed by atoms with Crippen LogP contribution in [0, 0.1) is 11.3 Å². The lowest BCUT2D eigenvalue weighted by molar-refractivity contribution is -0.117. The van der Waals surface area contributed by atoms with Gasteiger partial charge in [-0.25, -0.2) is 4.79 Å². The monoisotopic (exact) mass is 370 g/mol. The molecule has 1 amide bonds. The molecule has 0 aliphatic carbocycles. The van der Waals surface area contributed by atoms with E-state index in [1.165, 1.54) is 38.7 Å². The minimum absolute atomic E-state index is 0.0560. The van der Waals surface area contributed by atoms with Gasteiger partial charge in [0.05, 0.1) is 20.0 Å². The number of nitrogens with one attached hydrogen (secondary N) is 1. The summed E-state index contributed by atoms with van der Waals surface area (Å²) in [6.07, 6.45) is 2.77. The molecule has 1 aromatic heterocycles. The van der Waals surface area contributed by atoms with E-state index in [9.17, 15) is 14.9 Å². The van der Waals surface area contributed by atoms with Gasteiger partial charge in [-0.3, -0.25) is 4.79 Å². The van der Waals surface area contributed by atoms with E-state index in [0.717, 1.165) is 0 Å². The standard InChI is InChI=1S/C19H18N2O6/c1-24-9-7-21-18(22)14(12-20)10-13-5-6-15(17(11-13)25-2)27-19(23)16-4-3-8-26-16/h3-6,8,10-11H,7,9H2,1-2H3,(H,21,22)/b14-10+. The highest BCUT2D eigenvalue weighted by molar-refractivity contribution is 6.01. The summed E-state index contributed by atoms with van der Waals surface area (Å²) in [5.74, 6) is -0.681. The van der Waals surface area contributed by atoms with E-state index >= 15 is 0 Å². The summed E-state index contributed by atoms with van der Waals surface area (Å²) >= 11 is 0. The number of hydrogen-bond donors (Lipinski definition) is 1. The molecule has 0 saturated carbocycles. The largest absolute Gasteiger partial charge is 0.493 e. The van der Waals surface area contributed by atoms with Crippen molar-refractivity contribution >= 4 is 18.0 Å². The number of furan rings is 1. The summed E-state index contributed by atoms with van der Waals surface area (Å²) in [4.78, 5) is 24.0. The summed E-state index contributed by atoms with van der Waals surface area (Å²) in [7, 11) is 2.93. The average molecular weight is 370 g/mol. The first-order valence-corrected chi connectivity index (χ1v) is 7.91. The van der Waals surface area contributed by atoms with Crippen LogP contribution in [0.25, 0.3) is 6.08 Å². The minimum Gasteiger partial charge on any atom is -0.493 e. The molecule has 0 spiro atoms. The Kier molecular flexibility index (Phi) is 7.16. The molecule has 0 unspecified atom stereocenters. The van der Waals surface area contributed by atoms with Crippen molar-refractivity contribution in [3.05, 3.63) is 53.5 Å². The highest BCUT2D eigenvalue weighted by atomic mass is 16.6. The highest BCUT2D eigenvalue weighted by Crippen LogP contribution is 2.29. The number of nitriles is 1. The van der Waals surface area contributed by atoms with Crippen LogP contribution in [0.4, 0.5) is 0 Å². The molecule has 0 aliphatic rings. The molecule has 1 N–H and O–H groups in total. The molecule has 1 aromatic carbocycles.